The molecule has 0 spiro atoms. The van der Waals surface area contributed by atoms with E-state index >= 15 is 0 Å². The Morgan fingerprint density at radius 1 is 1.12 bits per heavy atom. The summed E-state index contributed by atoms with van der Waals surface area (Å²) in [6, 6.07) is 0. The van der Waals surface area contributed by atoms with E-state index in [0.717, 1.165) is 0 Å². The maximum atomic E-state index is 10.1. The number of carbonyl (C=O) groups excluding carboxylic acids is 1. The second kappa shape index (κ2) is 8.48. The normalized spacial score (nSPS) is 18.6. The molecule has 5 N–H and O–H groups in total. The van der Waals surface area contributed by atoms with E-state index in [1.165, 1.54) is 0 Å². The van der Waals surface area contributed by atoms with Crippen molar-refractivity contribution >= 4 is 46.2 Å². The van der Waals surface area contributed by atoms with E-state index in [4.69, 9.17) is 25.0 Å². The van der Waals surface area contributed by atoms with Gasteiger partial charge in [0, 0.05) is 29.6 Å². The van der Waals surface area contributed by atoms with Crippen molar-refractivity contribution in [2.45, 2.75) is 24.4 Å². The van der Waals surface area contributed by atoms with E-state index < -0.39 is 41.4 Å². The van der Waals surface area contributed by atoms with Crippen LogP contribution in [0.2, 0.25) is 0 Å². The second-order valence-electron chi connectivity index (χ2n) is 2.89. The largest absolute Gasteiger partial charge is 0.397 e. The van der Waals surface area contributed by atoms with Crippen molar-refractivity contribution < 1.29 is 42.4 Å². The number of aliphatic hydroxyl groups is 4. The van der Waals surface area contributed by atoms with Crippen molar-refractivity contribution in [1.29, 1.82) is 0 Å². The Morgan fingerprint density at radius 2 is 1.59 bits per heavy atom. The standard InChI is InChI=1S/C6H12O9S.Na/c7-1-3(8)5(10)6(11)4(9)2-15-16(12,13)14;/h1,3-6,8-11H,2H2,(H,12,13,14);/t3-,4+,5+,6+;/m0./s1. The molecule has 0 aliphatic carbocycles. The van der Waals surface area contributed by atoms with Gasteiger partial charge in [-0.15, -0.1) is 0 Å². The number of carbonyl (C=O) groups is 1. The Hall–Kier alpha value is 0.380. The van der Waals surface area contributed by atoms with Crippen LogP contribution in [0.3, 0.4) is 0 Å². The van der Waals surface area contributed by atoms with E-state index in [1.807, 2.05) is 0 Å². The molecular weight excluding hydrogens is 271 g/mol. The van der Waals surface area contributed by atoms with Gasteiger partial charge in [-0.2, -0.15) is 8.42 Å². The van der Waals surface area contributed by atoms with Crippen LogP contribution in [0.25, 0.3) is 0 Å². The topological polar surface area (TPSA) is 162 Å². The zero-order valence-corrected chi connectivity index (χ0v) is 11.7. The minimum Gasteiger partial charge on any atom is -0.388 e. The molecule has 0 unspecified atom stereocenters. The molecule has 0 saturated carbocycles. The Kier molecular flexibility index (Phi) is 9.83. The first-order chi connectivity index (χ1) is 7.19. The van der Waals surface area contributed by atoms with Crippen LogP contribution < -0.4 is 0 Å². The van der Waals surface area contributed by atoms with Crippen LogP contribution in [0.15, 0.2) is 0 Å². The average Bonchev–Trinajstić information content (AvgIpc) is 2.21. The SMILES string of the molecule is O=C[C@H](O)[C@@H](O)[C@H](O)[C@H](O)COS(=O)(=O)O.[Na]. The van der Waals surface area contributed by atoms with Crippen molar-refractivity contribution in [2.24, 2.45) is 0 Å². The van der Waals surface area contributed by atoms with Crippen LogP contribution >= 0.6 is 0 Å². The molecule has 0 bridgehead atoms. The van der Waals surface area contributed by atoms with Gasteiger partial charge >= 0.3 is 10.4 Å². The van der Waals surface area contributed by atoms with Crippen LogP contribution in [0.1, 0.15) is 0 Å². The van der Waals surface area contributed by atoms with E-state index in [2.05, 4.69) is 4.18 Å². The summed E-state index contributed by atoms with van der Waals surface area (Å²) in [5.41, 5.74) is 0. The minimum absolute atomic E-state index is 0. The summed E-state index contributed by atoms with van der Waals surface area (Å²) in [4.78, 5) is 10.0. The fraction of sp³-hybridized carbons (Fsp3) is 0.833. The molecule has 0 aromatic carbocycles. The van der Waals surface area contributed by atoms with Gasteiger partial charge in [0.15, 0.2) is 6.29 Å². The summed E-state index contributed by atoms with van der Waals surface area (Å²) >= 11 is 0. The van der Waals surface area contributed by atoms with Gasteiger partial charge in [-0.3, -0.25) is 4.55 Å². The maximum Gasteiger partial charge on any atom is 0.397 e. The van der Waals surface area contributed by atoms with Gasteiger partial charge < -0.3 is 25.2 Å². The molecule has 4 atom stereocenters. The molecule has 0 aliphatic rings. The van der Waals surface area contributed by atoms with Crippen molar-refractivity contribution in [3.8, 4) is 0 Å². The van der Waals surface area contributed by atoms with E-state index in [0.29, 0.717) is 0 Å². The smallest absolute Gasteiger partial charge is 0.388 e. The summed E-state index contributed by atoms with van der Waals surface area (Å²) in [6.45, 7) is -1.04. The number of aliphatic hydroxyl groups excluding tert-OH is 4. The fourth-order valence-electron chi connectivity index (χ4n) is 0.764. The third kappa shape index (κ3) is 8.15. The Balaban J connectivity index is 0. The minimum atomic E-state index is -4.79. The maximum absolute atomic E-state index is 10.1. The van der Waals surface area contributed by atoms with Gasteiger partial charge in [0.25, 0.3) is 0 Å². The predicted octanol–water partition coefficient (Wildman–Crippen LogP) is -3.93. The van der Waals surface area contributed by atoms with Gasteiger partial charge in [-0.25, -0.2) is 4.18 Å². The van der Waals surface area contributed by atoms with Crippen molar-refractivity contribution in [3.05, 3.63) is 0 Å². The molecule has 0 aliphatic heterocycles. The first-order valence-corrected chi connectivity index (χ1v) is 5.35. The third-order valence-electron chi connectivity index (χ3n) is 1.62. The zero-order chi connectivity index (χ0) is 12.9. The molecule has 9 nitrogen and oxygen atoms in total. The van der Waals surface area contributed by atoms with Crippen molar-refractivity contribution in [1.82, 2.24) is 0 Å². The van der Waals surface area contributed by atoms with Gasteiger partial charge in [0.05, 0.1) is 6.61 Å². The van der Waals surface area contributed by atoms with Gasteiger partial charge in [-0.05, 0) is 0 Å². The fourth-order valence-corrected chi connectivity index (χ4v) is 1.08. The van der Waals surface area contributed by atoms with E-state index in [1.54, 1.807) is 0 Å². The van der Waals surface area contributed by atoms with Crippen molar-refractivity contribution in [3.63, 3.8) is 0 Å². The van der Waals surface area contributed by atoms with Gasteiger partial charge in [0.2, 0.25) is 0 Å². The number of hydrogen-bond acceptors (Lipinski definition) is 8. The number of rotatable bonds is 7. The molecular formula is C6H12NaO9S. The van der Waals surface area contributed by atoms with Crippen LogP contribution in [-0.4, -0.2) is 100 Å². The van der Waals surface area contributed by atoms with Gasteiger partial charge in [0.1, 0.15) is 24.4 Å². The number of aldehydes is 1. The molecule has 11 heteroatoms. The van der Waals surface area contributed by atoms with Crippen LogP contribution in [0.5, 0.6) is 0 Å². The molecule has 0 rings (SSSR count). The molecule has 0 saturated heterocycles. The molecule has 97 valence electrons. The molecule has 1 radical (unpaired) electrons. The summed E-state index contributed by atoms with van der Waals surface area (Å²) < 4.78 is 32.0. The summed E-state index contributed by atoms with van der Waals surface area (Å²) in [6.07, 6.45) is -7.94. The van der Waals surface area contributed by atoms with Gasteiger partial charge in [-0.1, -0.05) is 0 Å². The average molecular weight is 283 g/mol. The molecule has 0 aromatic heterocycles. The Labute approximate surface area is 119 Å². The second-order valence-corrected chi connectivity index (χ2v) is 3.98. The third-order valence-corrected chi connectivity index (χ3v) is 2.06. The summed E-state index contributed by atoms with van der Waals surface area (Å²) in [5.74, 6) is 0. The first kappa shape index (κ1) is 19.7. The predicted molar refractivity (Wildman–Crippen MR) is 53.3 cm³/mol. The van der Waals surface area contributed by atoms with Crippen LogP contribution in [0.4, 0.5) is 0 Å². The molecule has 0 amide bonds. The summed E-state index contributed by atoms with van der Waals surface area (Å²) in [7, 11) is -4.79. The Morgan fingerprint density at radius 3 is 1.94 bits per heavy atom. The number of hydrogen-bond donors (Lipinski definition) is 5. The monoisotopic (exact) mass is 283 g/mol. The Bertz CT molecular complexity index is 317. The zero-order valence-electron chi connectivity index (χ0n) is 8.87. The molecule has 0 aromatic rings. The van der Waals surface area contributed by atoms with Crippen molar-refractivity contribution in [2.75, 3.05) is 6.61 Å². The molecule has 17 heavy (non-hydrogen) atoms. The quantitative estimate of drug-likeness (QED) is 0.178. The molecule has 0 fully saturated rings. The van der Waals surface area contributed by atoms with E-state index in [-0.39, 0.29) is 35.8 Å². The van der Waals surface area contributed by atoms with Crippen LogP contribution in [0, 0.1) is 0 Å². The first-order valence-electron chi connectivity index (χ1n) is 3.98. The van der Waals surface area contributed by atoms with Crippen LogP contribution in [-0.2, 0) is 19.4 Å². The molecule has 0 heterocycles. The summed E-state index contributed by atoms with van der Waals surface area (Å²) in [5, 5.41) is 36.0. The van der Waals surface area contributed by atoms with E-state index in [9.17, 15) is 13.2 Å².